The van der Waals surface area contributed by atoms with E-state index in [0.29, 0.717) is 6.42 Å². The van der Waals surface area contributed by atoms with Gasteiger partial charge in [0.05, 0.1) is 12.6 Å². The van der Waals surface area contributed by atoms with Crippen LogP contribution in [-0.4, -0.2) is 31.3 Å². The van der Waals surface area contributed by atoms with Gasteiger partial charge in [-0.1, -0.05) is 60.7 Å². The van der Waals surface area contributed by atoms with Crippen LogP contribution >= 0.6 is 0 Å². The molecule has 138 valence electrons. The third-order valence-corrected chi connectivity index (χ3v) is 4.66. The molecule has 0 aliphatic heterocycles. The summed E-state index contributed by atoms with van der Waals surface area (Å²) in [5, 5.41) is 5.17. The quantitative estimate of drug-likeness (QED) is 0.700. The largest absolute Gasteiger partial charge is 0.365 e. The van der Waals surface area contributed by atoms with E-state index in [9.17, 15) is 9.59 Å². The Morgan fingerprint density at radius 3 is 2.30 bits per heavy atom. The predicted octanol–water partition coefficient (Wildman–Crippen LogP) is 3.59. The van der Waals surface area contributed by atoms with Crippen molar-refractivity contribution in [1.29, 1.82) is 0 Å². The van der Waals surface area contributed by atoms with Gasteiger partial charge in [-0.2, -0.15) is 0 Å². The first-order valence-corrected chi connectivity index (χ1v) is 9.06. The van der Waals surface area contributed by atoms with Crippen molar-refractivity contribution in [2.24, 2.45) is 0 Å². The maximum atomic E-state index is 12.5. The maximum Gasteiger partial charge on any atom is 0.240 e. The number of Topliss-reactive ketones (excluding diaryl/α,β-unsaturated/α-hetero) is 1. The first-order chi connectivity index (χ1) is 13.0. The second-order valence-corrected chi connectivity index (χ2v) is 6.81. The highest BCUT2D eigenvalue weighted by Gasteiger charge is 2.18. The molecule has 0 saturated carbocycles. The Morgan fingerprint density at radius 1 is 0.926 bits per heavy atom. The summed E-state index contributed by atoms with van der Waals surface area (Å²) in [7, 11) is 1.88. The minimum absolute atomic E-state index is 0.0411. The number of benzene rings is 3. The van der Waals surface area contributed by atoms with Gasteiger partial charge in [0.25, 0.3) is 0 Å². The zero-order valence-corrected chi connectivity index (χ0v) is 15.7. The number of hydrogen-bond donors (Lipinski definition) is 1. The Morgan fingerprint density at radius 2 is 1.59 bits per heavy atom. The first-order valence-electron chi connectivity index (χ1n) is 9.06. The normalized spacial score (nSPS) is 11.8. The zero-order chi connectivity index (χ0) is 19.2. The molecule has 0 fully saturated rings. The smallest absolute Gasteiger partial charge is 0.240 e. The molecule has 3 rings (SSSR count). The van der Waals surface area contributed by atoms with E-state index in [1.54, 1.807) is 0 Å². The third-order valence-electron chi connectivity index (χ3n) is 4.66. The molecule has 0 heterocycles. The fourth-order valence-electron chi connectivity index (χ4n) is 3.11. The molecule has 4 heteroatoms. The van der Waals surface area contributed by atoms with Crippen molar-refractivity contribution in [3.63, 3.8) is 0 Å². The highest BCUT2D eigenvalue weighted by atomic mass is 16.2. The number of carbonyl (C=O) groups excluding carboxylic acids is 2. The number of anilines is 1. The molecular weight excluding hydrogens is 336 g/mol. The second-order valence-electron chi connectivity index (χ2n) is 6.81. The molecule has 3 aromatic rings. The molecule has 1 amide bonds. The summed E-state index contributed by atoms with van der Waals surface area (Å²) in [6.07, 6.45) is 0.502. The minimum Gasteiger partial charge on any atom is -0.365 e. The van der Waals surface area contributed by atoms with Crippen molar-refractivity contribution < 1.29 is 9.59 Å². The molecule has 4 nitrogen and oxygen atoms in total. The SMILES string of the molecule is CC(=O)C(Cc1ccccc1)NC(=O)CN(C)c1ccc2ccccc2c1. The molecule has 1 atom stereocenters. The summed E-state index contributed by atoms with van der Waals surface area (Å²) in [5.74, 6) is -0.206. The number of amides is 1. The van der Waals surface area contributed by atoms with Gasteiger partial charge in [-0.05, 0) is 41.8 Å². The number of nitrogens with zero attached hydrogens (tertiary/aromatic N) is 1. The molecule has 27 heavy (non-hydrogen) atoms. The number of likely N-dealkylation sites (N-methyl/N-ethyl adjacent to an activating group) is 1. The van der Waals surface area contributed by atoms with Crippen LogP contribution in [0.3, 0.4) is 0 Å². The van der Waals surface area contributed by atoms with E-state index in [1.165, 1.54) is 12.3 Å². The third kappa shape index (κ3) is 4.94. The summed E-state index contributed by atoms with van der Waals surface area (Å²) in [4.78, 5) is 26.3. The molecule has 0 bridgehead atoms. The lowest BCUT2D eigenvalue weighted by Crippen LogP contribution is -2.45. The summed E-state index contributed by atoms with van der Waals surface area (Å²) in [6, 6.07) is 23.5. The fourth-order valence-corrected chi connectivity index (χ4v) is 3.11. The van der Waals surface area contributed by atoms with E-state index < -0.39 is 6.04 Å². The average Bonchev–Trinajstić information content (AvgIpc) is 2.67. The van der Waals surface area contributed by atoms with Gasteiger partial charge in [-0.25, -0.2) is 0 Å². The van der Waals surface area contributed by atoms with Crippen LogP contribution in [0.5, 0.6) is 0 Å². The zero-order valence-electron chi connectivity index (χ0n) is 15.7. The minimum atomic E-state index is -0.509. The van der Waals surface area contributed by atoms with Gasteiger partial charge in [0.1, 0.15) is 0 Å². The predicted molar refractivity (Wildman–Crippen MR) is 110 cm³/mol. The Bertz CT molecular complexity index is 937. The number of hydrogen-bond acceptors (Lipinski definition) is 3. The van der Waals surface area contributed by atoms with E-state index in [2.05, 4.69) is 23.5 Å². The molecule has 0 saturated heterocycles. The summed E-state index contributed by atoms with van der Waals surface area (Å²) < 4.78 is 0. The second kappa shape index (κ2) is 8.49. The van der Waals surface area contributed by atoms with Gasteiger partial charge in [0, 0.05) is 12.7 Å². The number of carbonyl (C=O) groups is 2. The van der Waals surface area contributed by atoms with Gasteiger partial charge in [-0.3, -0.25) is 9.59 Å². The van der Waals surface area contributed by atoms with Crippen molar-refractivity contribution in [2.45, 2.75) is 19.4 Å². The molecule has 0 aliphatic carbocycles. The lowest BCUT2D eigenvalue weighted by atomic mass is 10.0. The van der Waals surface area contributed by atoms with Crippen molar-refractivity contribution in [3.8, 4) is 0 Å². The van der Waals surface area contributed by atoms with E-state index in [0.717, 1.165) is 16.6 Å². The van der Waals surface area contributed by atoms with E-state index in [-0.39, 0.29) is 18.2 Å². The fraction of sp³-hybridized carbons (Fsp3) is 0.217. The molecule has 1 N–H and O–H groups in total. The Hall–Kier alpha value is -3.14. The highest BCUT2D eigenvalue weighted by Crippen LogP contribution is 2.21. The lowest BCUT2D eigenvalue weighted by Gasteiger charge is -2.22. The Balaban J connectivity index is 1.64. The van der Waals surface area contributed by atoms with Crippen LogP contribution in [0.25, 0.3) is 10.8 Å². The lowest BCUT2D eigenvalue weighted by molar-refractivity contribution is -0.126. The number of rotatable bonds is 7. The number of ketones is 1. The van der Waals surface area contributed by atoms with Gasteiger partial charge < -0.3 is 10.2 Å². The van der Waals surface area contributed by atoms with Gasteiger partial charge >= 0.3 is 0 Å². The molecular formula is C23H24N2O2. The van der Waals surface area contributed by atoms with Gasteiger partial charge in [0.2, 0.25) is 5.91 Å². The monoisotopic (exact) mass is 360 g/mol. The first kappa shape index (κ1) is 18.6. The van der Waals surface area contributed by atoms with Crippen LogP contribution in [0.4, 0.5) is 5.69 Å². The Kier molecular flexibility index (Phi) is 5.87. The summed E-state index contributed by atoms with van der Waals surface area (Å²) >= 11 is 0. The molecule has 0 spiro atoms. The molecule has 1 unspecified atom stereocenters. The van der Waals surface area contributed by atoms with Crippen molar-refractivity contribution in [2.75, 3.05) is 18.5 Å². The topological polar surface area (TPSA) is 49.4 Å². The molecule has 0 aliphatic rings. The average molecular weight is 360 g/mol. The van der Waals surface area contributed by atoms with Crippen molar-refractivity contribution >= 4 is 28.2 Å². The van der Waals surface area contributed by atoms with Gasteiger partial charge in [0.15, 0.2) is 5.78 Å². The van der Waals surface area contributed by atoms with Gasteiger partial charge in [-0.15, -0.1) is 0 Å². The van der Waals surface area contributed by atoms with Crippen LogP contribution in [0.2, 0.25) is 0 Å². The van der Waals surface area contributed by atoms with Crippen LogP contribution in [-0.2, 0) is 16.0 Å². The van der Waals surface area contributed by atoms with Crippen molar-refractivity contribution in [3.05, 3.63) is 78.4 Å². The molecule has 3 aromatic carbocycles. The highest BCUT2D eigenvalue weighted by molar-refractivity contribution is 5.90. The number of nitrogens with one attached hydrogen (secondary N) is 1. The van der Waals surface area contributed by atoms with E-state index >= 15 is 0 Å². The van der Waals surface area contributed by atoms with Crippen LogP contribution in [0, 0.1) is 0 Å². The van der Waals surface area contributed by atoms with Crippen LogP contribution in [0.1, 0.15) is 12.5 Å². The van der Waals surface area contributed by atoms with Crippen molar-refractivity contribution in [1.82, 2.24) is 5.32 Å². The maximum absolute atomic E-state index is 12.5. The van der Waals surface area contributed by atoms with Crippen LogP contribution in [0.15, 0.2) is 72.8 Å². The number of fused-ring (bicyclic) bond motifs is 1. The molecule has 0 radical (unpaired) electrons. The van der Waals surface area contributed by atoms with Crippen LogP contribution < -0.4 is 10.2 Å². The summed E-state index contributed by atoms with van der Waals surface area (Å²) in [5.41, 5.74) is 1.99. The van der Waals surface area contributed by atoms with E-state index in [4.69, 9.17) is 0 Å². The van der Waals surface area contributed by atoms with E-state index in [1.807, 2.05) is 66.5 Å². The standard InChI is InChI=1S/C23H24N2O2/c1-17(26)22(14-18-8-4-3-5-9-18)24-23(27)16-25(2)21-13-12-19-10-6-7-11-20(19)15-21/h3-13,15,22H,14,16H2,1-2H3,(H,24,27). The molecule has 0 aromatic heterocycles. The Labute approximate surface area is 159 Å². The summed E-state index contributed by atoms with van der Waals surface area (Å²) in [6.45, 7) is 1.71.